The molecule has 1 aromatic carbocycles. The average Bonchev–Trinajstić information content (AvgIpc) is 3.07. The van der Waals surface area contributed by atoms with E-state index < -0.39 is 12.0 Å². The van der Waals surface area contributed by atoms with Crippen molar-refractivity contribution in [2.75, 3.05) is 13.7 Å². The first-order chi connectivity index (χ1) is 10.6. The number of rotatable bonds is 6. The summed E-state index contributed by atoms with van der Waals surface area (Å²) in [6, 6.07) is 9.40. The molecule has 1 aromatic rings. The van der Waals surface area contributed by atoms with Gasteiger partial charge < -0.3 is 14.8 Å². The topological polar surface area (TPSA) is 64.6 Å². The Morgan fingerprint density at radius 1 is 1.36 bits per heavy atom. The van der Waals surface area contributed by atoms with Gasteiger partial charge in [-0.25, -0.2) is 0 Å². The van der Waals surface area contributed by atoms with E-state index >= 15 is 0 Å². The van der Waals surface area contributed by atoms with Crippen LogP contribution in [0.3, 0.4) is 0 Å². The molecule has 0 aromatic heterocycles. The van der Waals surface area contributed by atoms with Gasteiger partial charge in [-0.15, -0.1) is 0 Å². The summed E-state index contributed by atoms with van der Waals surface area (Å²) in [6.45, 7) is 2.45. The third-order valence-electron chi connectivity index (χ3n) is 4.00. The molecular weight excluding hydrogens is 282 g/mol. The van der Waals surface area contributed by atoms with Crippen molar-refractivity contribution in [3.8, 4) is 0 Å². The summed E-state index contributed by atoms with van der Waals surface area (Å²) >= 11 is 0. The Labute approximate surface area is 131 Å². The lowest BCUT2D eigenvalue weighted by molar-refractivity contribution is -0.146. The van der Waals surface area contributed by atoms with Crippen LogP contribution in [0.2, 0.25) is 0 Å². The molecule has 2 rings (SSSR count). The van der Waals surface area contributed by atoms with Crippen molar-refractivity contribution in [1.29, 1.82) is 0 Å². The fourth-order valence-corrected chi connectivity index (χ4v) is 2.69. The number of esters is 1. The third-order valence-corrected chi connectivity index (χ3v) is 4.00. The van der Waals surface area contributed by atoms with Crippen molar-refractivity contribution >= 4 is 11.9 Å². The van der Waals surface area contributed by atoms with Crippen LogP contribution >= 0.6 is 0 Å². The first kappa shape index (κ1) is 16.5. The highest BCUT2D eigenvalue weighted by Crippen LogP contribution is 2.17. The monoisotopic (exact) mass is 305 g/mol. The Bertz CT molecular complexity index is 497. The molecule has 0 bridgehead atoms. The standard InChI is InChI=1S/C17H23NO4/c1-12(18-16(19)15-9-6-10-22-15)14(17(20)21-2)11-13-7-4-3-5-8-13/h3-5,7-8,12,14-15H,6,9-11H2,1-2H3,(H,18,19)/t12-,14-,15+/m1/s1. The highest BCUT2D eigenvalue weighted by atomic mass is 16.5. The summed E-state index contributed by atoms with van der Waals surface area (Å²) in [5, 5.41) is 2.89. The lowest BCUT2D eigenvalue weighted by Crippen LogP contribution is -2.46. The average molecular weight is 305 g/mol. The number of methoxy groups -OCH3 is 1. The number of hydrogen-bond donors (Lipinski definition) is 1. The number of benzene rings is 1. The maximum Gasteiger partial charge on any atom is 0.311 e. The van der Waals surface area contributed by atoms with Crippen molar-refractivity contribution < 1.29 is 19.1 Å². The van der Waals surface area contributed by atoms with Crippen LogP contribution in [0.25, 0.3) is 0 Å². The second kappa shape index (κ2) is 7.94. The second-order valence-electron chi connectivity index (χ2n) is 5.62. The van der Waals surface area contributed by atoms with E-state index in [0.717, 1.165) is 18.4 Å². The maximum atomic E-state index is 12.1. The Morgan fingerprint density at radius 3 is 2.68 bits per heavy atom. The Kier molecular flexibility index (Phi) is 5.95. The third kappa shape index (κ3) is 4.31. The molecule has 1 N–H and O–H groups in total. The summed E-state index contributed by atoms with van der Waals surface area (Å²) in [5.74, 6) is -0.881. The lowest BCUT2D eigenvalue weighted by Gasteiger charge is -2.24. The van der Waals surface area contributed by atoms with E-state index in [1.807, 2.05) is 37.3 Å². The van der Waals surface area contributed by atoms with E-state index in [2.05, 4.69) is 5.32 Å². The number of carbonyl (C=O) groups is 2. The van der Waals surface area contributed by atoms with Crippen LogP contribution in [-0.2, 0) is 25.5 Å². The number of ether oxygens (including phenoxy) is 2. The van der Waals surface area contributed by atoms with Gasteiger partial charge in [-0.3, -0.25) is 9.59 Å². The van der Waals surface area contributed by atoms with Crippen LogP contribution in [0.5, 0.6) is 0 Å². The molecule has 1 saturated heterocycles. The second-order valence-corrected chi connectivity index (χ2v) is 5.62. The predicted octanol–water partition coefficient (Wildman–Crippen LogP) is 1.70. The normalized spacial score (nSPS) is 20.2. The van der Waals surface area contributed by atoms with E-state index in [9.17, 15) is 9.59 Å². The fraction of sp³-hybridized carbons (Fsp3) is 0.529. The smallest absolute Gasteiger partial charge is 0.311 e. The minimum atomic E-state index is -0.419. The molecule has 0 aliphatic carbocycles. The van der Waals surface area contributed by atoms with Crippen LogP contribution in [0.15, 0.2) is 30.3 Å². The Balaban J connectivity index is 2.01. The molecule has 22 heavy (non-hydrogen) atoms. The molecular formula is C17H23NO4. The minimum absolute atomic E-state index is 0.146. The molecule has 1 heterocycles. The summed E-state index contributed by atoms with van der Waals surface area (Å²) in [5.41, 5.74) is 1.04. The molecule has 1 aliphatic heterocycles. The fourth-order valence-electron chi connectivity index (χ4n) is 2.69. The van der Waals surface area contributed by atoms with Gasteiger partial charge in [0.1, 0.15) is 6.10 Å². The number of carbonyl (C=O) groups excluding carboxylic acids is 2. The van der Waals surface area contributed by atoms with E-state index in [1.165, 1.54) is 7.11 Å². The van der Waals surface area contributed by atoms with Gasteiger partial charge in [0.25, 0.3) is 0 Å². The summed E-state index contributed by atoms with van der Waals surface area (Å²) in [4.78, 5) is 24.2. The molecule has 5 heteroatoms. The van der Waals surface area contributed by atoms with Gasteiger partial charge in [0, 0.05) is 12.6 Å². The zero-order valence-corrected chi connectivity index (χ0v) is 13.1. The quantitative estimate of drug-likeness (QED) is 0.813. The number of nitrogens with one attached hydrogen (secondary N) is 1. The van der Waals surface area contributed by atoms with Gasteiger partial charge in [0.2, 0.25) is 5.91 Å². The molecule has 0 saturated carbocycles. The zero-order chi connectivity index (χ0) is 15.9. The maximum absolute atomic E-state index is 12.1. The van der Waals surface area contributed by atoms with Crippen molar-refractivity contribution in [1.82, 2.24) is 5.32 Å². The van der Waals surface area contributed by atoms with Crippen LogP contribution < -0.4 is 5.32 Å². The van der Waals surface area contributed by atoms with Gasteiger partial charge in [0.05, 0.1) is 13.0 Å². The highest BCUT2D eigenvalue weighted by Gasteiger charge is 2.31. The van der Waals surface area contributed by atoms with Gasteiger partial charge in [-0.2, -0.15) is 0 Å². The number of amides is 1. The van der Waals surface area contributed by atoms with Gasteiger partial charge >= 0.3 is 5.97 Å². The van der Waals surface area contributed by atoms with Crippen molar-refractivity contribution in [3.63, 3.8) is 0 Å². The van der Waals surface area contributed by atoms with E-state index in [1.54, 1.807) is 0 Å². The molecule has 1 aliphatic rings. The molecule has 5 nitrogen and oxygen atoms in total. The summed E-state index contributed by atoms with van der Waals surface area (Å²) < 4.78 is 10.3. The van der Waals surface area contributed by atoms with Gasteiger partial charge in [-0.1, -0.05) is 30.3 Å². The van der Waals surface area contributed by atoms with E-state index in [-0.39, 0.29) is 17.9 Å². The summed E-state index contributed by atoms with van der Waals surface area (Å²) in [7, 11) is 1.37. The number of hydrogen-bond acceptors (Lipinski definition) is 4. The molecule has 120 valence electrons. The first-order valence-corrected chi connectivity index (χ1v) is 7.65. The SMILES string of the molecule is COC(=O)[C@H](Cc1ccccc1)[C@@H](C)NC(=O)[C@@H]1CCCO1. The Hall–Kier alpha value is -1.88. The van der Waals surface area contributed by atoms with Crippen LogP contribution in [0, 0.1) is 5.92 Å². The Morgan fingerprint density at radius 2 is 2.09 bits per heavy atom. The van der Waals surface area contributed by atoms with E-state index in [0.29, 0.717) is 13.0 Å². The molecule has 0 radical (unpaired) electrons. The predicted molar refractivity (Wildman–Crippen MR) is 82.2 cm³/mol. The van der Waals surface area contributed by atoms with Crippen LogP contribution in [0.1, 0.15) is 25.3 Å². The van der Waals surface area contributed by atoms with Crippen LogP contribution in [0.4, 0.5) is 0 Å². The molecule has 0 spiro atoms. The molecule has 1 fully saturated rings. The van der Waals surface area contributed by atoms with Gasteiger partial charge in [-0.05, 0) is 31.7 Å². The molecule has 3 atom stereocenters. The zero-order valence-electron chi connectivity index (χ0n) is 13.1. The van der Waals surface area contributed by atoms with Crippen molar-refractivity contribution in [3.05, 3.63) is 35.9 Å². The van der Waals surface area contributed by atoms with Crippen LogP contribution in [-0.4, -0.2) is 37.7 Å². The first-order valence-electron chi connectivity index (χ1n) is 7.65. The molecule has 0 unspecified atom stereocenters. The van der Waals surface area contributed by atoms with Crippen molar-refractivity contribution in [2.45, 2.75) is 38.3 Å². The highest BCUT2D eigenvalue weighted by molar-refractivity contribution is 5.82. The largest absolute Gasteiger partial charge is 0.469 e. The summed E-state index contributed by atoms with van der Waals surface area (Å²) in [6.07, 6.45) is 1.77. The van der Waals surface area contributed by atoms with Gasteiger partial charge in [0.15, 0.2) is 0 Å². The lowest BCUT2D eigenvalue weighted by atomic mass is 9.93. The van der Waals surface area contributed by atoms with E-state index in [4.69, 9.17) is 9.47 Å². The van der Waals surface area contributed by atoms with Crippen molar-refractivity contribution in [2.24, 2.45) is 5.92 Å². The molecule has 1 amide bonds. The minimum Gasteiger partial charge on any atom is -0.469 e.